The van der Waals surface area contributed by atoms with Gasteiger partial charge in [0, 0.05) is 30.4 Å². The number of aromatic amines is 3. The lowest BCUT2D eigenvalue weighted by Crippen LogP contribution is -2.22. The molecular formula is C26H26N6O2. The van der Waals surface area contributed by atoms with E-state index in [1.807, 2.05) is 61.5 Å². The summed E-state index contributed by atoms with van der Waals surface area (Å²) in [5.74, 6) is 0. The maximum Gasteiger partial charge on any atom is 0.323 e. The molecule has 8 nitrogen and oxygen atoms in total. The molecule has 3 N–H and O–H groups in total. The zero-order valence-corrected chi connectivity index (χ0v) is 19.3. The normalized spacial score (nSPS) is 11.7. The van der Waals surface area contributed by atoms with E-state index in [0.29, 0.717) is 16.8 Å². The van der Waals surface area contributed by atoms with Crippen molar-refractivity contribution >= 4 is 39.4 Å². The largest absolute Gasteiger partial charge is 0.370 e. The van der Waals surface area contributed by atoms with Crippen molar-refractivity contribution < 1.29 is 0 Å². The summed E-state index contributed by atoms with van der Waals surface area (Å²) >= 11 is 0. The van der Waals surface area contributed by atoms with Crippen LogP contribution in [0.3, 0.4) is 0 Å². The van der Waals surface area contributed by atoms with Gasteiger partial charge < -0.3 is 14.9 Å². The fraction of sp³-hybridized carbons (Fsp3) is 0.192. The van der Waals surface area contributed by atoms with Gasteiger partial charge in [-0.25, -0.2) is 9.48 Å². The molecule has 0 unspecified atom stereocenters. The van der Waals surface area contributed by atoms with E-state index in [1.54, 1.807) is 10.9 Å². The first-order valence-corrected chi connectivity index (χ1v) is 11.3. The minimum absolute atomic E-state index is 0.168. The maximum atomic E-state index is 13.4. The molecule has 0 saturated heterocycles. The van der Waals surface area contributed by atoms with Crippen LogP contribution in [0.25, 0.3) is 27.5 Å². The van der Waals surface area contributed by atoms with Crippen LogP contribution in [0.5, 0.6) is 0 Å². The summed E-state index contributed by atoms with van der Waals surface area (Å²) < 4.78 is 1.57. The monoisotopic (exact) mass is 454 g/mol. The predicted octanol–water partition coefficient (Wildman–Crippen LogP) is 4.39. The third kappa shape index (κ3) is 3.63. The average Bonchev–Trinajstić information content (AvgIpc) is 3.35. The van der Waals surface area contributed by atoms with Gasteiger partial charge in [0.2, 0.25) is 0 Å². The molecule has 0 aliphatic rings. The molecule has 0 aliphatic heterocycles. The number of imidazole rings is 1. The Morgan fingerprint density at radius 2 is 1.68 bits per heavy atom. The first-order chi connectivity index (χ1) is 16.5. The Labute approximate surface area is 195 Å². The molecule has 8 heteroatoms. The molecule has 34 heavy (non-hydrogen) atoms. The average molecular weight is 455 g/mol. The van der Waals surface area contributed by atoms with Crippen molar-refractivity contribution in [2.75, 3.05) is 18.0 Å². The highest BCUT2D eigenvalue weighted by atomic mass is 16.1. The first kappa shape index (κ1) is 21.5. The number of nitrogens with zero attached hydrogens (tertiary/aromatic N) is 3. The van der Waals surface area contributed by atoms with Gasteiger partial charge in [0.25, 0.3) is 5.56 Å². The zero-order valence-electron chi connectivity index (χ0n) is 19.3. The number of fused-ring (bicyclic) bond motifs is 2. The Morgan fingerprint density at radius 1 is 0.971 bits per heavy atom. The molecule has 2 heterocycles. The lowest BCUT2D eigenvalue weighted by atomic mass is 10.1. The fourth-order valence-corrected chi connectivity index (χ4v) is 4.40. The smallest absolute Gasteiger partial charge is 0.323 e. The Kier molecular flexibility index (Phi) is 5.41. The van der Waals surface area contributed by atoms with E-state index >= 15 is 0 Å². The van der Waals surface area contributed by atoms with Gasteiger partial charge >= 0.3 is 5.69 Å². The quantitative estimate of drug-likeness (QED) is 0.332. The zero-order chi connectivity index (χ0) is 23.8. The van der Waals surface area contributed by atoms with Crippen LogP contribution in [0, 0.1) is 6.92 Å². The summed E-state index contributed by atoms with van der Waals surface area (Å²) in [4.78, 5) is 37.7. The van der Waals surface area contributed by atoms with Gasteiger partial charge in [0.15, 0.2) is 0 Å². The second-order valence-electron chi connectivity index (χ2n) is 8.19. The van der Waals surface area contributed by atoms with Crippen LogP contribution in [-0.2, 0) is 0 Å². The van der Waals surface area contributed by atoms with Crippen molar-refractivity contribution in [1.29, 1.82) is 0 Å². The fourth-order valence-electron chi connectivity index (χ4n) is 4.40. The van der Waals surface area contributed by atoms with Gasteiger partial charge in [-0.3, -0.25) is 14.9 Å². The number of hydrogen-bond acceptors (Lipinski definition) is 4. The number of H-pyrrole nitrogens is 3. The number of hydrogen-bond donors (Lipinski definition) is 3. The molecule has 0 aliphatic carbocycles. The molecule has 0 fully saturated rings. The molecule has 0 amide bonds. The Morgan fingerprint density at radius 3 is 2.44 bits per heavy atom. The van der Waals surface area contributed by atoms with Crippen LogP contribution >= 0.6 is 0 Å². The number of rotatable bonds is 6. The Bertz CT molecular complexity index is 1640. The van der Waals surface area contributed by atoms with E-state index in [1.165, 1.54) is 0 Å². The van der Waals surface area contributed by atoms with E-state index in [0.717, 1.165) is 46.4 Å². The first-order valence-electron chi connectivity index (χ1n) is 11.3. The van der Waals surface area contributed by atoms with Crippen molar-refractivity contribution in [3.63, 3.8) is 0 Å². The second kappa shape index (κ2) is 8.55. The standard InChI is InChI=1S/C26H26N6O2/c1-4-31(5-2)24-14-21-20(28-26(34)29-21)13-22(24)27-15-19-16(3)30-32(25(19)33)23-12-8-10-17-9-6-7-11-18(17)23/h6-15,30H,4-5H2,1-3H3,(H2,28,29,34). The van der Waals surface area contributed by atoms with E-state index in [-0.39, 0.29) is 11.2 Å². The molecule has 0 bridgehead atoms. The second-order valence-corrected chi connectivity index (χ2v) is 8.19. The summed E-state index contributed by atoms with van der Waals surface area (Å²) in [6, 6.07) is 17.6. The van der Waals surface area contributed by atoms with Gasteiger partial charge in [-0.2, -0.15) is 0 Å². The van der Waals surface area contributed by atoms with Gasteiger partial charge in [-0.1, -0.05) is 36.4 Å². The molecule has 3 aromatic carbocycles. The molecule has 5 aromatic rings. The highest BCUT2D eigenvalue weighted by Gasteiger charge is 2.15. The minimum atomic E-state index is -0.263. The van der Waals surface area contributed by atoms with Crippen molar-refractivity contribution in [1.82, 2.24) is 19.7 Å². The number of aliphatic imine (C=N–C) groups is 1. The molecule has 0 atom stereocenters. The summed E-state index contributed by atoms with van der Waals surface area (Å²) in [5.41, 5.74) is 4.55. The van der Waals surface area contributed by atoms with E-state index in [4.69, 9.17) is 4.99 Å². The van der Waals surface area contributed by atoms with E-state index in [9.17, 15) is 9.59 Å². The predicted molar refractivity (Wildman–Crippen MR) is 138 cm³/mol. The van der Waals surface area contributed by atoms with Crippen LogP contribution in [0.2, 0.25) is 0 Å². The maximum absolute atomic E-state index is 13.4. The lowest BCUT2D eigenvalue weighted by molar-refractivity contribution is 0.841. The van der Waals surface area contributed by atoms with Crippen molar-refractivity contribution in [2.45, 2.75) is 20.8 Å². The molecule has 5 rings (SSSR count). The van der Waals surface area contributed by atoms with Gasteiger partial charge in [-0.05, 0) is 44.4 Å². The Balaban J connectivity index is 1.62. The molecule has 2 aromatic heterocycles. The van der Waals surface area contributed by atoms with Gasteiger partial charge in [-0.15, -0.1) is 0 Å². The van der Waals surface area contributed by atoms with Gasteiger partial charge in [0.05, 0.1) is 33.7 Å². The SMILES string of the molecule is CCN(CC)c1cc2[nH]c(=O)[nH]c2cc1N=Cc1c(C)[nH]n(-c2cccc3ccccc23)c1=O. The van der Waals surface area contributed by atoms with E-state index in [2.05, 4.69) is 33.8 Å². The van der Waals surface area contributed by atoms with Crippen LogP contribution in [0.1, 0.15) is 25.1 Å². The number of aromatic nitrogens is 4. The Hall–Kier alpha value is -4.33. The molecular weight excluding hydrogens is 428 g/mol. The third-order valence-corrected chi connectivity index (χ3v) is 6.17. The topological polar surface area (TPSA) is 102 Å². The summed E-state index contributed by atoms with van der Waals surface area (Å²) in [6.45, 7) is 7.58. The molecule has 0 spiro atoms. The molecule has 0 saturated carbocycles. The summed E-state index contributed by atoms with van der Waals surface area (Å²) in [6.07, 6.45) is 1.61. The summed E-state index contributed by atoms with van der Waals surface area (Å²) in [7, 11) is 0. The van der Waals surface area contributed by atoms with Crippen molar-refractivity contribution in [3.8, 4) is 5.69 Å². The van der Waals surface area contributed by atoms with Crippen LogP contribution in [0.4, 0.5) is 11.4 Å². The van der Waals surface area contributed by atoms with Crippen LogP contribution in [0.15, 0.2) is 69.2 Å². The molecule has 0 radical (unpaired) electrons. The highest BCUT2D eigenvalue weighted by Crippen LogP contribution is 2.32. The van der Waals surface area contributed by atoms with E-state index < -0.39 is 0 Å². The number of nitrogens with one attached hydrogen (secondary N) is 3. The number of anilines is 1. The summed E-state index contributed by atoms with van der Waals surface area (Å²) in [5, 5.41) is 5.25. The number of aryl methyl sites for hydroxylation is 1. The minimum Gasteiger partial charge on any atom is -0.370 e. The van der Waals surface area contributed by atoms with Crippen molar-refractivity contribution in [2.24, 2.45) is 4.99 Å². The lowest BCUT2D eigenvalue weighted by Gasteiger charge is -2.22. The molecule has 172 valence electrons. The third-order valence-electron chi connectivity index (χ3n) is 6.17. The van der Waals surface area contributed by atoms with Crippen LogP contribution in [-0.4, -0.2) is 39.1 Å². The number of benzene rings is 3. The van der Waals surface area contributed by atoms with Crippen LogP contribution < -0.4 is 16.1 Å². The van der Waals surface area contributed by atoms with Crippen molar-refractivity contribution in [3.05, 3.63) is 86.7 Å². The van der Waals surface area contributed by atoms with Gasteiger partial charge in [0.1, 0.15) is 0 Å². The highest BCUT2D eigenvalue weighted by molar-refractivity contribution is 5.92.